The minimum atomic E-state index is 0.275. The Balaban J connectivity index is 2.61. The molecule has 1 unspecified atom stereocenters. The van der Waals surface area contributed by atoms with Crippen molar-refractivity contribution in [3.8, 4) is 0 Å². The first-order valence-electron chi connectivity index (χ1n) is 3.96. The lowest BCUT2D eigenvalue weighted by Gasteiger charge is -2.22. The molecule has 74 valence electrons. The van der Waals surface area contributed by atoms with Gasteiger partial charge in [0, 0.05) is 25.7 Å². The monoisotopic (exact) mass is 202 g/mol. The summed E-state index contributed by atoms with van der Waals surface area (Å²) in [7, 11) is 3.63. The number of rotatable bonds is 4. The summed E-state index contributed by atoms with van der Waals surface area (Å²) in [5.41, 5.74) is 5.42. The van der Waals surface area contributed by atoms with E-state index in [0.29, 0.717) is 12.6 Å². The first kappa shape index (κ1) is 10.2. The van der Waals surface area contributed by atoms with Crippen LogP contribution in [0.4, 0.5) is 11.1 Å². The average molecular weight is 202 g/mol. The number of hydrogen-bond donors (Lipinski definition) is 1. The number of ether oxygens (including phenoxy) is 1. The Hall–Kier alpha value is -0.880. The number of hydrogen-bond acceptors (Lipinski definition) is 6. The van der Waals surface area contributed by atoms with Crippen LogP contribution < -0.4 is 10.6 Å². The summed E-state index contributed by atoms with van der Waals surface area (Å²) in [6.45, 7) is 2.72. The predicted molar refractivity (Wildman–Crippen MR) is 54.1 cm³/mol. The molecule has 0 bridgehead atoms. The molecule has 0 saturated carbocycles. The van der Waals surface area contributed by atoms with Gasteiger partial charge in [0.15, 0.2) is 0 Å². The Morgan fingerprint density at radius 2 is 2.38 bits per heavy atom. The number of nitrogens with two attached hydrogens (primary N) is 1. The summed E-state index contributed by atoms with van der Waals surface area (Å²) in [5, 5.41) is 0.821. The number of nitrogen functional groups attached to an aromatic ring is 1. The van der Waals surface area contributed by atoms with Crippen LogP contribution in [-0.2, 0) is 4.74 Å². The van der Waals surface area contributed by atoms with E-state index in [1.165, 1.54) is 11.5 Å². The Morgan fingerprint density at radius 1 is 1.69 bits per heavy atom. The van der Waals surface area contributed by atoms with E-state index in [4.69, 9.17) is 10.5 Å². The molecule has 1 heterocycles. The summed E-state index contributed by atoms with van der Waals surface area (Å²) in [4.78, 5) is 6.07. The molecule has 13 heavy (non-hydrogen) atoms. The van der Waals surface area contributed by atoms with Crippen molar-refractivity contribution < 1.29 is 4.74 Å². The van der Waals surface area contributed by atoms with Gasteiger partial charge >= 0.3 is 0 Å². The second-order valence-electron chi connectivity index (χ2n) is 2.85. The molecule has 0 aliphatic carbocycles. The number of nitrogens with zero attached hydrogens (tertiary/aromatic N) is 3. The number of methoxy groups -OCH3 is 1. The van der Waals surface area contributed by atoms with Gasteiger partial charge in [0.05, 0.1) is 12.6 Å². The van der Waals surface area contributed by atoms with Gasteiger partial charge in [-0.25, -0.2) is 0 Å². The second-order valence-corrected chi connectivity index (χ2v) is 3.58. The molecule has 0 radical (unpaired) electrons. The third kappa shape index (κ3) is 2.53. The summed E-state index contributed by atoms with van der Waals surface area (Å²) >= 11 is 1.30. The number of likely N-dealkylation sites (N-methyl/N-ethyl adjacent to an activating group) is 1. The lowest BCUT2D eigenvalue weighted by molar-refractivity contribution is 0.183. The van der Waals surface area contributed by atoms with Gasteiger partial charge in [0.2, 0.25) is 11.1 Å². The maximum atomic E-state index is 5.42. The van der Waals surface area contributed by atoms with Gasteiger partial charge in [-0.05, 0) is 6.92 Å². The van der Waals surface area contributed by atoms with Gasteiger partial charge in [-0.3, -0.25) is 0 Å². The Kier molecular flexibility index (Phi) is 3.44. The molecule has 5 nitrogen and oxygen atoms in total. The second kappa shape index (κ2) is 4.38. The van der Waals surface area contributed by atoms with Crippen LogP contribution >= 0.6 is 11.5 Å². The summed E-state index contributed by atoms with van der Waals surface area (Å²) in [6.07, 6.45) is 0. The average Bonchev–Trinajstić information content (AvgIpc) is 2.51. The van der Waals surface area contributed by atoms with Crippen LogP contribution in [0.15, 0.2) is 0 Å². The lowest BCUT2D eigenvalue weighted by Crippen LogP contribution is -2.32. The molecule has 0 amide bonds. The van der Waals surface area contributed by atoms with E-state index in [-0.39, 0.29) is 6.04 Å². The van der Waals surface area contributed by atoms with Crippen molar-refractivity contribution in [1.29, 1.82) is 0 Å². The highest BCUT2D eigenvalue weighted by Gasteiger charge is 2.13. The van der Waals surface area contributed by atoms with Crippen molar-refractivity contribution in [3.05, 3.63) is 0 Å². The minimum absolute atomic E-state index is 0.275. The maximum absolute atomic E-state index is 5.42. The molecular weight excluding hydrogens is 188 g/mol. The third-order valence-corrected chi connectivity index (χ3v) is 2.62. The zero-order valence-electron chi connectivity index (χ0n) is 8.02. The van der Waals surface area contributed by atoms with Crippen molar-refractivity contribution in [2.45, 2.75) is 13.0 Å². The van der Waals surface area contributed by atoms with E-state index in [0.717, 1.165) is 5.13 Å². The zero-order valence-corrected chi connectivity index (χ0v) is 8.84. The van der Waals surface area contributed by atoms with Crippen LogP contribution in [-0.4, -0.2) is 36.2 Å². The largest absolute Gasteiger partial charge is 0.383 e. The molecule has 0 fully saturated rings. The summed E-state index contributed by atoms with van der Waals surface area (Å²) in [5.74, 6) is 0.330. The highest BCUT2D eigenvalue weighted by Crippen LogP contribution is 2.18. The summed E-state index contributed by atoms with van der Waals surface area (Å²) in [6, 6.07) is 0.275. The van der Waals surface area contributed by atoms with Crippen molar-refractivity contribution in [1.82, 2.24) is 9.36 Å². The topological polar surface area (TPSA) is 64.3 Å². The highest BCUT2D eigenvalue weighted by atomic mass is 32.1. The molecule has 1 atom stereocenters. The fraction of sp³-hybridized carbons (Fsp3) is 0.714. The van der Waals surface area contributed by atoms with Gasteiger partial charge in [-0.2, -0.15) is 9.36 Å². The Morgan fingerprint density at radius 3 is 2.85 bits per heavy atom. The Labute approximate surface area is 81.7 Å². The molecular formula is C7H14N4OS. The lowest BCUT2D eigenvalue weighted by atomic mass is 10.3. The number of anilines is 2. The fourth-order valence-electron chi connectivity index (χ4n) is 0.911. The van der Waals surface area contributed by atoms with Gasteiger partial charge in [-0.1, -0.05) is 0 Å². The van der Waals surface area contributed by atoms with Crippen molar-refractivity contribution in [3.63, 3.8) is 0 Å². The quantitative estimate of drug-likeness (QED) is 0.774. The zero-order chi connectivity index (χ0) is 9.84. The Bertz CT molecular complexity index is 265. The van der Waals surface area contributed by atoms with Gasteiger partial charge < -0.3 is 15.4 Å². The van der Waals surface area contributed by atoms with E-state index in [1.54, 1.807) is 7.11 Å². The molecule has 1 aromatic rings. The van der Waals surface area contributed by atoms with Gasteiger partial charge in [0.25, 0.3) is 0 Å². The molecule has 6 heteroatoms. The standard InChI is InChI=1S/C7H14N4OS/c1-5(4-12-3)11(2)7-9-6(8)10-13-7/h5H,4H2,1-3H3,(H2,8,10). The van der Waals surface area contributed by atoms with E-state index in [2.05, 4.69) is 16.3 Å². The highest BCUT2D eigenvalue weighted by molar-refractivity contribution is 7.09. The van der Waals surface area contributed by atoms with E-state index < -0.39 is 0 Å². The SMILES string of the molecule is COCC(C)N(C)c1nc(N)ns1. The molecule has 1 aromatic heterocycles. The van der Waals surface area contributed by atoms with Crippen molar-refractivity contribution in [2.75, 3.05) is 31.4 Å². The molecule has 0 aromatic carbocycles. The van der Waals surface area contributed by atoms with Crippen LogP contribution in [0.1, 0.15) is 6.92 Å². The van der Waals surface area contributed by atoms with Crippen molar-refractivity contribution in [2.24, 2.45) is 0 Å². The predicted octanol–water partition coefficient (Wildman–Crippen LogP) is 0.591. The number of aromatic nitrogens is 2. The molecule has 0 aliphatic rings. The van der Waals surface area contributed by atoms with E-state index in [9.17, 15) is 0 Å². The molecule has 0 spiro atoms. The molecule has 1 rings (SSSR count). The normalized spacial score (nSPS) is 12.8. The first-order valence-corrected chi connectivity index (χ1v) is 4.73. The molecule has 0 saturated heterocycles. The van der Waals surface area contributed by atoms with Crippen LogP contribution in [0.3, 0.4) is 0 Å². The smallest absolute Gasteiger partial charge is 0.233 e. The van der Waals surface area contributed by atoms with Crippen LogP contribution in [0.2, 0.25) is 0 Å². The first-order chi connectivity index (χ1) is 6.15. The van der Waals surface area contributed by atoms with Crippen LogP contribution in [0.25, 0.3) is 0 Å². The molecule has 2 N–H and O–H groups in total. The van der Waals surface area contributed by atoms with Gasteiger partial charge in [0.1, 0.15) is 0 Å². The fourth-order valence-corrected chi connectivity index (χ4v) is 1.57. The van der Waals surface area contributed by atoms with E-state index in [1.807, 2.05) is 11.9 Å². The maximum Gasteiger partial charge on any atom is 0.233 e. The third-order valence-electron chi connectivity index (χ3n) is 1.80. The van der Waals surface area contributed by atoms with Crippen molar-refractivity contribution >= 4 is 22.6 Å². The minimum Gasteiger partial charge on any atom is -0.383 e. The van der Waals surface area contributed by atoms with E-state index >= 15 is 0 Å². The van der Waals surface area contributed by atoms with Crippen LogP contribution in [0, 0.1) is 0 Å². The van der Waals surface area contributed by atoms with Crippen LogP contribution in [0.5, 0.6) is 0 Å². The molecule has 0 aliphatic heterocycles. The van der Waals surface area contributed by atoms with Gasteiger partial charge in [-0.15, -0.1) is 0 Å². The summed E-state index contributed by atoms with van der Waals surface area (Å²) < 4.78 is 8.94.